The summed E-state index contributed by atoms with van der Waals surface area (Å²) in [5.41, 5.74) is 7.56. The molecule has 9 heteroatoms. The second-order valence-electron chi connectivity index (χ2n) is 11.3. The normalized spacial score (nSPS) is 19.2. The number of amides is 2. The molecule has 7 nitrogen and oxygen atoms in total. The van der Waals surface area contributed by atoms with Gasteiger partial charge in [-0.05, 0) is 55.9 Å². The highest BCUT2D eigenvalue weighted by molar-refractivity contribution is 6.02. The van der Waals surface area contributed by atoms with Gasteiger partial charge in [-0.15, -0.1) is 0 Å². The van der Waals surface area contributed by atoms with Crippen LogP contribution in [0.1, 0.15) is 56.7 Å². The van der Waals surface area contributed by atoms with Gasteiger partial charge in [0.1, 0.15) is 17.5 Å². The van der Waals surface area contributed by atoms with Gasteiger partial charge in [0, 0.05) is 42.8 Å². The Morgan fingerprint density at radius 1 is 1.12 bits per heavy atom. The van der Waals surface area contributed by atoms with Crippen molar-refractivity contribution in [3.63, 3.8) is 0 Å². The van der Waals surface area contributed by atoms with E-state index in [2.05, 4.69) is 10.3 Å². The van der Waals surface area contributed by atoms with Crippen molar-refractivity contribution >= 4 is 17.6 Å². The number of nitrogens with one attached hydrogen (secondary N) is 1. The lowest BCUT2D eigenvalue weighted by molar-refractivity contribution is -0.145. The summed E-state index contributed by atoms with van der Waals surface area (Å²) in [5.74, 6) is -2.64. The molecule has 1 aliphatic heterocycles. The van der Waals surface area contributed by atoms with E-state index < -0.39 is 35.0 Å². The third kappa shape index (κ3) is 6.78. The largest absolute Gasteiger partial charge is 0.391 e. The summed E-state index contributed by atoms with van der Waals surface area (Å²) in [7, 11) is 0. The maximum absolute atomic E-state index is 14.6. The number of carbonyl (C=O) groups excluding carboxylic acids is 2. The van der Waals surface area contributed by atoms with Crippen LogP contribution in [0.25, 0.3) is 0 Å². The van der Waals surface area contributed by atoms with Gasteiger partial charge in [-0.3, -0.25) is 14.6 Å². The zero-order chi connectivity index (χ0) is 30.4. The van der Waals surface area contributed by atoms with Crippen molar-refractivity contribution in [3.05, 3.63) is 94.1 Å². The quantitative estimate of drug-likeness (QED) is 0.346. The molecular weight excluding hydrogens is 538 g/mol. The van der Waals surface area contributed by atoms with Crippen LogP contribution in [0.4, 0.5) is 8.78 Å². The Bertz CT molecular complexity index is 1390. The number of hydrogen-bond acceptors (Lipinski definition) is 5. The summed E-state index contributed by atoms with van der Waals surface area (Å²) in [6, 6.07) is 11.0. The number of primary amides is 1. The molecule has 0 fully saturated rings. The number of nitrogens with zero attached hydrogens (tertiary/aromatic N) is 2. The number of aliphatic hydroxyl groups is 1. The van der Waals surface area contributed by atoms with Gasteiger partial charge in [0.15, 0.2) is 0 Å². The smallest absolute Gasteiger partial charge is 0.244 e. The lowest BCUT2D eigenvalue weighted by Gasteiger charge is -2.45. The molecule has 224 valence electrons. The van der Waals surface area contributed by atoms with Crippen molar-refractivity contribution in [2.45, 2.75) is 59.1 Å². The predicted octanol–water partition coefficient (Wildman–Crippen LogP) is 4.43. The van der Waals surface area contributed by atoms with E-state index >= 15 is 0 Å². The Morgan fingerprint density at radius 3 is 2.43 bits per heavy atom. The first kappa shape index (κ1) is 31.1. The number of aliphatic imine (C=N–C) groups is 1. The molecule has 4 rings (SSSR count). The fourth-order valence-corrected chi connectivity index (χ4v) is 6.26. The molecule has 0 saturated carbocycles. The first-order valence-electron chi connectivity index (χ1n) is 14.6. The highest BCUT2D eigenvalue weighted by Gasteiger charge is 2.50. The molecule has 2 aromatic rings. The molecule has 0 radical (unpaired) electrons. The van der Waals surface area contributed by atoms with Gasteiger partial charge in [0.2, 0.25) is 11.8 Å². The van der Waals surface area contributed by atoms with E-state index in [0.717, 1.165) is 17.2 Å². The van der Waals surface area contributed by atoms with Gasteiger partial charge < -0.3 is 21.1 Å². The van der Waals surface area contributed by atoms with Crippen molar-refractivity contribution in [3.8, 4) is 0 Å². The molecule has 2 aromatic carbocycles. The Labute approximate surface area is 246 Å². The second kappa shape index (κ2) is 13.4. The van der Waals surface area contributed by atoms with Crippen LogP contribution in [-0.4, -0.2) is 53.4 Å². The lowest BCUT2D eigenvalue weighted by atomic mass is 9.63. The number of allylic oxidation sites excluding steroid dienone is 2. The summed E-state index contributed by atoms with van der Waals surface area (Å²) in [5, 5.41) is 15.1. The molecule has 1 heterocycles. The number of carbonyl (C=O) groups is 2. The van der Waals surface area contributed by atoms with Gasteiger partial charge in [-0.25, -0.2) is 8.78 Å². The molecule has 0 bridgehead atoms. The van der Waals surface area contributed by atoms with Crippen LogP contribution < -0.4 is 11.1 Å². The molecule has 1 aliphatic carbocycles. The summed E-state index contributed by atoms with van der Waals surface area (Å²) in [6.45, 7) is 7.24. The number of nitrogens with two attached hydrogens (primary N) is 1. The maximum Gasteiger partial charge on any atom is 0.244 e. The van der Waals surface area contributed by atoms with E-state index in [1.165, 1.54) is 12.1 Å². The molecule has 1 unspecified atom stereocenters. The monoisotopic (exact) mass is 578 g/mol. The fraction of sp³-hybridized carbons (Fsp3) is 0.424. The molecule has 0 spiro atoms. The Balaban J connectivity index is 1.79. The fourth-order valence-electron chi connectivity index (χ4n) is 6.26. The average Bonchev–Trinajstić information content (AvgIpc) is 3.36. The Kier molecular flexibility index (Phi) is 9.93. The van der Waals surface area contributed by atoms with Crippen molar-refractivity contribution in [2.75, 3.05) is 19.6 Å². The third-order valence-corrected chi connectivity index (χ3v) is 8.02. The third-order valence-electron chi connectivity index (χ3n) is 8.02. The number of rotatable bonds is 12. The van der Waals surface area contributed by atoms with Crippen LogP contribution in [0.3, 0.4) is 0 Å². The summed E-state index contributed by atoms with van der Waals surface area (Å²) < 4.78 is 28.7. The van der Waals surface area contributed by atoms with E-state index in [-0.39, 0.29) is 30.9 Å². The highest BCUT2D eigenvalue weighted by atomic mass is 19.1. The van der Waals surface area contributed by atoms with E-state index in [1.807, 2.05) is 38.1 Å². The van der Waals surface area contributed by atoms with Crippen LogP contribution in [0.15, 0.2) is 70.8 Å². The molecule has 0 aromatic heterocycles. The SMILES string of the molecule is CCCN(CCC)C(=O)C1([C@H](Cc2cc(F)cc(F)c2)[C@@H](O)CNC2=NCc3ccccc32)C=C(C)C=C(C(N)=O)C1. The van der Waals surface area contributed by atoms with Crippen molar-refractivity contribution in [2.24, 2.45) is 22.1 Å². The zero-order valence-electron chi connectivity index (χ0n) is 24.5. The van der Waals surface area contributed by atoms with Crippen LogP contribution in [-0.2, 0) is 22.6 Å². The van der Waals surface area contributed by atoms with Gasteiger partial charge in [-0.2, -0.15) is 0 Å². The number of amidine groups is 1. The van der Waals surface area contributed by atoms with E-state index in [0.29, 0.717) is 49.4 Å². The number of aliphatic hydroxyl groups excluding tert-OH is 1. The Hall–Kier alpha value is -3.85. The second-order valence-corrected chi connectivity index (χ2v) is 11.3. The molecular formula is C33H40F2N4O3. The summed E-state index contributed by atoms with van der Waals surface area (Å²) in [4.78, 5) is 33.4. The van der Waals surface area contributed by atoms with Gasteiger partial charge in [-0.1, -0.05) is 55.8 Å². The van der Waals surface area contributed by atoms with Gasteiger partial charge in [0.05, 0.1) is 18.1 Å². The standard InChI is InChI=1S/C33H40F2N4O3/c1-4-10-39(11-5-2)32(42)33(17-21(3)12-24(18-33)30(36)41)28(15-22-13-25(34)16-26(35)14-22)29(40)20-38-31-27-9-7-6-8-23(27)19-37-31/h6-9,12-14,16-17,28-29,40H,4-5,10-11,15,18-20H2,1-3H3,(H2,36,41)(H,37,38)/t28-,29+,33?/m1/s1. The molecule has 4 N–H and O–H groups in total. The number of halogens is 2. The van der Waals surface area contributed by atoms with Crippen LogP contribution in [0.2, 0.25) is 0 Å². The number of fused-ring (bicyclic) bond motifs is 1. The minimum atomic E-state index is -1.40. The van der Waals surface area contributed by atoms with Crippen molar-refractivity contribution < 1.29 is 23.5 Å². The molecule has 42 heavy (non-hydrogen) atoms. The van der Waals surface area contributed by atoms with Crippen LogP contribution >= 0.6 is 0 Å². The molecule has 2 aliphatic rings. The highest BCUT2D eigenvalue weighted by Crippen LogP contribution is 2.46. The predicted molar refractivity (Wildman–Crippen MR) is 159 cm³/mol. The first-order chi connectivity index (χ1) is 20.1. The van der Waals surface area contributed by atoms with Crippen LogP contribution in [0, 0.1) is 23.0 Å². The van der Waals surface area contributed by atoms with Crippen molar-refractivity contribution in [1.82, 2.24) is 10.2 Å². The zero-order valence-corrected chi connectivity index (χ0v) is 24.5. The average molecular weight is 579 g/mol. The minimum absolute atomic E-state index is 0.0196. The van der Waals surface area contributed by atoms with E-state index in [9.17, 15) is 23.5 Å². The lowest BCUT2D eigenvalue weighted by Crippen LogP contribution is -2.54. The first-order valence-corrected chi connectivity index (χ1v) is 14.6. The summed E-state index contributed by atoms with van der Waals surface area (Å²) >= 11 is 0. The van der Waals surface area contributed by atoms with Gasteiger partial charge >= 0.3 is 0 Å². The van der Waals surface area contributed by atoms with Gasteiger partial charge in [0.25, 0.3) is 0 Å². The molecule has 0 saturated heterocycles. The Morgan fingerprint density at radius 2 is 1.79 bits per heavy atom. The van der Waals surface area contributed by atoms with Crippen molar-refractivity contribution in [1.29, 1.82) is 0 Å². The summed E-state index contributed by atoms with van der Waals surface area (Å²) in [6.07, 6.45) is 3.66. The van der Waals surface area contributed by atoms with Crippen LogP contribution in [0.5, 0.6) is 0 Å². The molecule has 2 amide bonds. The number of benzene rings is 2. The van der Waals surface area contributed by atoms with E-state index in [1.54, 1.807) is 24.0 Å². The topological polar surface area (TPSA) is 108 Å². The maximum atomic E-state index is 14.6. The van der Waals surface area contributed by atoms with E-state index in [4.69, 9.17) is 5.73 Å². The number of hydrogen-bond donors (Lipinski definition) is 3. The minimum Gasteiger partial charge on any atom is -0.391 e. The molecule has 3 atom stereocenters.